The molecule has 0 saturated carbocycles. The monoisotopic (exact) mass is 237 g/mol. The summed E-state index contributed by atoms with van der Waals surface area (Å²) in [6.45, 7) is 12.4. The number of rotatable bonds is 7. The van der Waals surface area contributed by atoms with Crippen molar-refractivity contribution in [3.8, 4) is 0 Å². The average Bonchev–Trinajstić information content (AvgIpc) is 2.63. The molecule has 1 atom stereocenters. The van der Waals surface area contributed by atoms with Crippen molar-refractivity contribution in [3.63, 3.8) is 0 Å². The van der Waals surface area contributed by atoms with E-state index >= 15 is 0 Å². The van der Waals surface area contributed by atoms with E-state index in [9.17, 15) is 0 Å². The molecule has 0 aromatic carbocycles. The standard InChI is InChI=1S/C12H23N5/c1-6-12(4,9-13-8-10(2)3)7-11-14-16-17(5)15-11/h6,10,13H,1,7-9H2,2-5H3. The van der Waals surface area contributed by atoms with Gasteiger partial charge in [-0.05, 0) is 17.7 Å². The van der Waals surface area contributed by atoms with Crippen LogP contribution in [0.2, 0.25) is 0 Å². The fourth-order valence-electron chi connectivity index (χ4n) is 1.61. The van der Waals surface area contributed by atoms with Gasteiger partial charge < -0.3 is 5.32 Å². The van der Waals surface area contributed by atoms with Crippen molar-refractivity contribution >= 4 is 0 Å². The minimum atomic E-state index is -0.0298. The van der Waals surface area contributed by atoms with Gasteiger partial charge in [0.05, 0.1) is 7.05 Å². The lowest BCUT2D eigenvalue weighted by Crippen LogP contribution is -2.34. The number of aryl methyl sites for hydroxylation is 1. The SMILES string of the molecule is C=CC(C)(CNCC(C)C)Cc1nnn(C)n1. The molecule has 5 heteroatoms. The molecule has 0 spiro atoms. The van der Waals surface area contributed by atoms with Crippen LogP contribution in [0.5, 0.6) is 0 Å². The van der Waals surface area contributed by atoms with Gasteiger partial charge in [-0.2, -0.15) is 4.80 Å². The van der Waals surface area contributed by atoms with Gasteiger partial charge in [-0.1, -0.05) is 26.8 Å². The highest BCUT2D eigenvalue weighted by Crippen LogP contribution is 2.21. The van der Waals surface area contributed by atoms with Gasteiger partial charge in [0.1, 0.15) is 0 Å². The van der Waals surface area contributed by atoms with Crippen LogP contribution in [-0.4, -0.2) is 33.3 Å². The first-order chi connectivity index (χ1) is 7.95. The lowest BCUT2D eigenvalue weighted by atomic mass is 9.86. The van der Waals surface area contributed by atoms with Crippen LogP contribution in [0.25, 0.3) is 0 Å². The second kappa shape index (κ2) is 5.91. The van der Waals surface area contributed by atoms with E-state index < -0.39 is 0 Å². The molecule has 0 aliphatic heterocycles. The van der Waals surface area contributed by atoms with E-state index in [1.807, 2.05) is 6.08 Å². The zero-order valence-electron chi connectivity index (χ0n) is 11.3. The molecule has 0 radical (unpaired) electrons. The van der Waals surface area contributed by atoms with Crippen molar-refractivity contribution in [1.29, 1.82) is 0 Å². The Morgan fingerprint density at radius 3 is 2.71 bits per heavy atom. The van der Waals surface area contributed by atoms with E-state index in [-0.39, 0.29) is 5.41 Å². The van der Waals surface area contributed by atoms with Crippen LogP contribution in [0.1, 0.15) is 26.6 Å². The van der Waals surface area contributed by atoms with Crippen LogP contribution in [0.15, 0.2) is 12.7 Å². The van der Waals surface area contributed by atoms with Gasteiger partial charge in [-0.25, -0.2) is 0 Å². The van der Waals surface area contributed by atoms with Crippen LogP contribution in [-0.2, 0) is 13.5 Å². The molecule has 1 aromatic heterocycles. The van der Waals surface area contributed by atoms with Crippen molar-refractivity contribution in [3.05, 3.63) is 18.5 Å². The summed E-state index contributed by atoms with van der Waals surface area (Å²) in [7, 11) is 1.78. The molecule has 1 aromatic rings. The van der Waals surface area contributed by atoms with Crippen molar-refractivity contribution < 1.29 is 0 Å². The predicted molar refractivity (Wildman–Crippen MR) is 68.5 cm³/mol. The topological polar surface area (TPSA) is 55.6 Å². The third kappa shape index (κ3) is 4.65. The van der Waals surface area contributed by atoms with Gasteiger partial charge >= 0.3 is 0 Å². The maximum atomic E-state index is 4.21. The molecule has 1 rings (SSSR count). The third-order valence-corrected chi connectivity index (χ3v) is 2.69. The molecule has 0 fully saturated rings. The van der Waals surface area contributed by atoms with Gasteiger partial charge in [0, 0.05) is 18.4 Å². The summed E-state index contributed by atoms with van der Waals surface area (Å²) >= 11 is 0. The van der Waals surface area contributed by atoms with E-state index in [2.05, 4.69) is 48.1 Å². The predicted octanol–water partition coefficient (Wildman–Crippen LogP) is 1.19. The fraction of sp³-hybridized carbons (Fsp3) is 0.750. The maximum absolute atomic E-state index is 4.21. The van der Waals surface area contributed by atoms with Crippen LogP contribution in [0.3, 0.4) is 0 Å². The summed E-state index contributed by atoms with van der Waals surface area (Å²) in [5.41, 5.74) is -0.0298. The lowest BCUT2D eigenvalue weighted by molar-refractivity contribution is 0.370. The number of nitrogens with zero attached hydrogens (tertiary/aromatic N) is 4. The van der Waals surface area contributed by atoms with Crippen molar-refractivity contribution in [2.75, 3.05) is 13.1 Å². The Kier molecular flexibility index (Phi) is 4.81. The van der Waals surface area contributed by atoms with Crippen molar-refractivity contribution in [2.45, 2.75) is 27.2 Å². The van der Waals surface area contributed by atoms with Crippen LogP contribution < -0.4 is 5.32 Å². The Morgan fingerprint density at radius 2 is 2.24 bits per heavy atom. The Balaban J connectivity index is 2.53. The molecule has 17 heavy (non-hydrogen) atoms. The Morgan fingerprint density at radius 1 is 1.53 bits per heavy atom. The van der Waals surface area contributed by atoms with Crippen LogP contribution in [0, 0.1) is 11.3 Å². The largest absolute Gasteiger partial charge is 0.316 e. The molecule has 1 N–H and O–H groups in total. The number of tetrazole rings is 1. The number of aromatic nitrogens is 4. The second-order valence-electron chi connectivity index (χ2n) is 5.25. The lowest BCUT2D eigenvalue weighted by Gasteiger charge is -2.25. The van der Waals surface area contributed by atoms with Gasteiger partial charge in [0.15, 0.2) is 5.82 Å². The van der Waals surface area contributed by atoms with Gasteiger partial charge in [-0.3, -0.25) is 0 Å². The molecule has 1 heterocycles. The summed E-state index contributed by atoms with van der Waals surface area (Å²) in [6.07, 6.45) is 2.73. The third-order valence-electron chi connectivity index (χ3n) is 2.69. The highest BCUT2D eigenvalue weighted by molar-refractivity contribution is 4.99. The van der Waals surface area contributed by atoms with Gasteiger partial charge in [0.2, 0.25) is 0 Å². The minimum Gasteiger partial charge on any atom is -0.316 e. The highest BCUT2D eigenvalue weighted by Gasteiger charge is 2.23. The first kappa shape index (κ1) is 13.8. The first-order valence-corrected chi connectivity index (χ1v) is 6.02. The average molecular weight is 237 g/mol. The molecule has 0 bridgehead atoms. The number of nitrogens with one attached hydrogen (secondary N) is 1. The molecule has 5 nitrogen and oxygen atoms in total. The fourth-order valence-corrected chi connectivity index (χ4v) is 1.61. The number of hydrogen-bond acceptors (Lipinski definition) is 4. The van der Waals surface area contributed by atoms with Crippen molar-refractivity contribution in [1.82, 2.24) is 25.5 Å². The summed E-state index contributed by atoms with van der Waals surface area (Å²) < 4.78 is 0. The van der Waals surface area contributed by atoms with Crippen molar-refractivity contribution in [2.24, 2.45) is 18.4 Å². The summed E-state index contributed by atoms with van der Waals surface area (Å²) in [4.78, 5) is 1.49. The Hall–Kier alpha value is -1.23. The summed E-state index contributed by atoms with van der Waals surface area (Å²) in [5, 5.41) is 15.5. The minimum absolute atomic E-state index is 0.0298. The van der Waals surface area contributed by atoms with E-state index in [4.69, 9.17) is 0 Å². The van der Waals surface area contributed by atoms with E-state index in [1.54, 1.807) is 7.05 Å². The van der Waals surface area contributed by atoms with Gasteiger partial charge in [0.25, 0.3) is 0 Å². The van der Waals surface area contributed by atoms with Gasteiger partial charge in [-0.15, -0.1) is 16.8 Å². The normalized spacial score (nSPS) is 14.9. The second-order valence-corrected chi connectivity index (χ2v) is 5.25. The molecular formula is C12H23N5. The molecule has 0 saturated heterocycles. The number of hydrogen-bond donors (Lipinski definition) is 1. The van der Waals surface area contributed by atoms with Crippen LogP contribution in [0.4, 0.5) is 0 Å². The molecule has 0 aliphatic carbocycles. The molecular weight excluding hydrogens is 214 g/mol. The summed E-state index contributed by atoms with van der Waals surface area (Å²) in [6, 6.07) is 0. The zero-order chi connectivity index (χ0) is 12.9. The molecule has 0 amide bonds. The Bertz CT molecular complexity index is 358. The van der Waals surface area contributed by atoms with Crippen LogP contribution >= 0.6 is 0 Å². The molecule has 1 unspecified atom stereocenters. The maximum Gasteiger partial charge on any atom is 0.175 e. The van der Waals surface area contributed by atoms with E-state index in [1.165, 1.54) is 4.80 Å². The summed E-state index contributed by atoms with van der Waals surface area (Å²) in [5.74, 6) is 1.42. The zero-order valence-corrected chi connectivity index (χ0v) is 11.3. The van der Waals surface area contributed by atoms with E-state index in [0.717, 1.165) is 25.3 Å². The van der Waals surface area contributed by atoms with E-state index in [0.29, 0.717) is 5.92 Å². The smallest absolute Gasteiger partial charge is 0.175 e. The highest BCUT2D eigenvalue weighted by atomic mass is 15.6. The quantitative estimate of drug-likeness (QED) is 0.724. The first-order valence-electron chi connectivity index (χ1n) is 6.02. The molecule has 96 valence electrons. The Labute approximate surface area is 103 Å². The molecule has 0 aliphatic rings.